The van der Waals surface area contributed by atoms with Gasteiger partial charge in [0.2, 0.25) is 15.9 Å². The van der Waals surface area contributed by atoms with Crippen LogP contribution in [0.25, 0.3) is 20.9 Å². The number of anilines is 1. The first-order valence-electron chi connectivity index (χ1n) is 8.47. The molecular formula is C17H18N4O3S3. The van der Waals surface area contributed by atoms with E-state index in [0.717, 1.165) is 20.9 Å². The van der Waals surface area contributed by atoms with Crippen LogP contribution in [-0.4, -0.2) is 47.9 Å². The number of hydrogen-bond donors (Lipinski definition) is 1. The van der Waals surface area contributed by atoms with E-state index in [4.69, 9.17) is 0 Å². The van der Waals surface area contributed by atoms with Crippen LogP contribution >= 0.6 is 22.7 Å². The molecule has 10 heteroatoms. The van der Waals surface area contributed by atoms with Crippen molar-refractivity contribution in [3.05, 3.63) is 29.6 Å². The number of carbonyl (C=O) groups excluding carboxylic acids is 1. The highest BCUT2D eigenvalue weighted by molar-refractivity contribution is 7.88. The van der Waals surface area contributed by atoms with Crippen LogP contribution in [0.2, 0.25) is 0 Å². The van der Waals surface area contributed by atoms with Gasteiger partial charge in [-0.2, -0.15) is 0 Å². The van der Waals surface area contributed by atoms with E-state index in [0.29, 0.717) is 24.5 Å². The highest BCUT2D eigenvalue weighted by atomic mass is 32.2. The minimum Gasteiger partial charge on any atom is -0.302 e. The number of hydrogen-bond acceptors (Lipinski definition) is 7. The first kappa shape index (κ1) is 18.5. The molecular weight excluding hydrogens is 404 g/mol. The maximum Gasteiger partial charge on any atom is 0.230 e. The minimum atomic E-state index is -3.28. The predicted octanol–water partition coefficient (Wildman–Crippen LogP) is 3.03. The van der Waals surface area contributed by atoms with Gasteiger partial charge in [0.25, 0.3) is 0 Å². The second kappa shape index (κ2) is 7.27. The number of carbonyl (C=O) groups is 1. The van der Waals surface area contributed by atoms with E-state index in [-0.39, 0.29) is 18.4 Å². The highest BCUT2D eigenvalue weighted by Gasteiger charge is 2.30. The molecule has 1 aliphatic rings. The smallest absolute Gasteiger partial charge is 0.230 e. The third-order valence-corrected chi connectivity index (χ3v) is 7.56. The molecule has 3 heterocycles. The fraction of sp³-hybridized carbons (Fsp3) is 0.353. The maximum absolute atomic E-state index is 12.5. The zero-order valence-corrected chi connectivity index (χ0v) is 17.0. The molecule has 2 aromatic heterocycles. The SMILES string of the molecule is CS(=O)(=O)N1CCC[C@@H](C(=O)Nc2nc(-c3nc4ccccc4s3)cs2)C1. The maximum atomic E-state index is 12.5. The van der Waals surface area contributed by atoms with Crippen LogP contribution < -0.4 is 5.32 Å². The summed E-state index contributed by atoms with van der Waals surface area (Å²) in [6, 6.07) is 7.90. The second-order valence-corrected chi connectivity index (χ2v) is 10.3. The van der Waals surface area contributed by atoms with Crippen molar-refractivity contribution in [1.29, 1.82) is 0 Å². The monoisotopic (exact) mass is 422 g/mol. The molecule has 27 heavy (non-hydrogen) atoms. The summed E-state index contributed by atoms with van der Waals surface area (Å²) < 4.78 is 25.9. The number of nitrogens with zero attached hydrogens (tertiary/aromatic N) is 3. The fourth-order valence-electron chi connectivity index (χ4n) is 3.08. The van der Waals surface area contributed by atoms with Gasteiger partial charge in [-0.05, 0) is 25.0 Å². The molecule has 1 amide bonds. The topological polar surface area (TPSA) is 92.3 Å². The van der Waals surface area contributed by atoms with E-state index in [2.05, 4.69) is 15.3 Å². The number of aromatic nitrogens is 2. The molecule has 1 aromatic carbocycles. The number of thiazole rings is 2. The van der Waals surface area contributed by atoms with Crippen LogP contribution in [0.1, 0.15) is 12.8 Å². The van der Waals surface area contributed by atoms with E-state index in [1.807, 2.05) is 29.6 Å². The lowest BCUT2D eigenvalue weighted by molar-refractivity contribution is -0.120. The molecule has 1 fully saturated rings. The third kappa shape index (κ3) is 4.03. The summed E-state index contributed by atoms with van der Waals surface area (Å²) >= 11 is 2.91. The summed E-state index contributed by atoms with van der Waals surface area (Å²) in [7, 11) is -3.28. The third-order valence-electron chi connectivity index (χ3n) is 4.47. The quantitative estimate of drug-likeness (QED) is 0.698. The molecule has 1 N–H and O–H groups in total. The van der Waals surface area contributed by atoms with Gasteiger partial charge in [0, 0.05) is 18.5 Å². The Labute approximate surface area is 165 Å². The Balaban J connectivity index is 1.46. The number of piperidine rings is 1. The second-order valence-electron chi connectivity index (χ2n) is 6.47. The molecule has 0 aliphatic carbocycles. The van der Waals surface area contributed by atoms with Gasteiger partial charge in [-0.15, -0.1) is 22.7 Å². The van der Waals surface area contributed by atoms with E-state index >= 15 is 0 Å². The summed E-state index contributed by atoms with van der Waals surface area (Å²) in [4.78, 5) is 21.6. The molecule has 0 saturated carbocycles. The lowest BCUT2D eigenvalue weighted by atomic mass is 9.99. The van der Waals surface area contributed by atoms with Gasteiger partial charge in [-0.1, -0.05) is 12.1 Å². The number of para-hydroxylation sites is 1. The number of rotatable bonds is 4. The lowest BCUT2D eigenvalue weighted by Gasteiger charge is -2.29. The Morgan fingerprint density at radius 1 is 1.30 bits per heavy atom. The molecule has 0 radical (unpaired) electrons. The van der Waals surface area contributed by atoms with E-state index in [1.54, 1.807) is 11.3 Å². The van der Waals surface area contributed by atoms with E-state index in [9.17, 15) is 13.2 Å². The van der Waals surface area contributed by atoms with Gasteiger partial charge in [0.05, 0.1) is 22.4 Å². The zero-order valence-electron chi connectivity index (χ0n) is 14.6. The minimum absolute atomic E-state index is 0.187. The number of sulfonamides is 1. The normalized spacial score (nSPS) is 18.6. The van der Waals surface area contributed by atoms with Crippen LogP contribution in [-0.2, 0) is 14.8 Å². The summed E-state index contributed by atoms with van der Waals surface area (Å²) in [5.74, 6) is -0.545. The number of nitrogens with one attached hydrogen (secondary N) is 1. The molecule has 7 nitrogen and oxygen atoms in total. The van der Waals surface area contributed by atoms with Crippen LogP contribution in [0.15, 0.2) is 29.6 Å². The standard InChI is InChI=1S/C17H18N4O3S3/c1-27(23,24)21-8-4-5-11(9-21)15(22)20-17-19-13(10-25-17)16-18-12-6-2-3-7-14(12)26-16/h2-3,6-7,10-11H,4-5,8-9H2,1H3,(H,19,20,22)/t11-/m1/s1. The largest absolute Gasteiger partial charge is 0.302 e. The Morgan fingerprint density at radius 3 is 2.89 bits per heavy atom. The first-order chi connectivity index (χ1) is 12.9. The first-order valence-corrected chi connectivity index (χ1v) is 12.0. The summed E-state index contributed by atoms with van der Waals surface area (Å²) in [5, 5.41) is 6.02. The van der Waals surface area contributed by atoms with Crippen molar-refractivity contribution in [2.24, 2.45) is 5.92 Å². The van der Waals surface area contributed by atoms with Crippen molar-refractivity contribution in [3.63, 3.8) is 0 Å². The Bertz CT molecular complexity index is 1060. The van der Waals surface area contributed by atoms with Crippen molar-refractivity contribution in [3.8, 4) is 10.7 Å². The van der Waals surface area contributed by atoms with E-state index < -0.39 is 10.0 Å². The Hall–Kier alpha value is -1.88. The molecule has 0 spiro atoms. The Kier molecular flexibility index (Phi) is 4.97. The molecule has 3 aromatic rings. The average molecular weight is 423 g/mol. The molecule has 0 bridgehead atoms. The van der Waals surface area contributed by atoms with Crippen LogP contribution in [0, 0.1) is 5.92 Å². The summed E-state index contributed by atoms with van der Waals surface area (Å²) in [6.45, 7) is 0.697. The van der Waals surface area contributed by atoms with Crippen LogP contribution in [0.4, 0.5) is 5.13 Å². The molecule has 0 unspecified atom stereocenters. The Morgan fingerprint density at radius 2 is 2.11 bits per heavy atom. The fourth-order valence-corrected chi connectivity index (χ4v) is 5.69. The van der Waals surface area contributed by atoms with Gasteiger partial charge in [-0.3, -0.25) is 4.79 Å². The van der Waals surface area contributed by atoms with Crippen molar-refractivity contribution in [2.75, 3.05) is 24.7 Å². The number of fused-ring (bicyclic) bond motifs is 1. The predicted molar refractivity (Wildman–Crippen MR) is 108 cm³/mol. The van der Waals surface area contributed by atoms with Gasteiger partial charge < -0.3 is 5.32 Å². The summed E-state index contributed by atoms with van der Waals surface area (Å²) in [6.07, 6.45) is 2.53. The van der Waals surface area contributed by atoms with Crippen LogP contribution in [0.5, 0.6) is 0 Å². The van der Waals surface area contributed by atoms with Gasteiger partial charge in [0.1, 0.15) is 10.7 Å². The van der Waals surface area contributed by atoms with E-state index in [1.165, 1.54) is 21.9 Å². The molecule has 142 valence electrons. The average Bonchev–Trinajstić information content (AvgIpc) is 3.27. The van der Waals surface area contributed by atoms with Crippen LogP contribution in [0.3, 0.4) is 0 Å². The zero-order chi connectivity index (χ0) is 19.0. The van der Waals surface area contributed by atoms with Crippen molar-refractivity contribution >= 4 is 54.0 Å². The van der Waals surface area contributed by atoms with Crippen molar-refractivity contribution in [2.45, 2.75) is 12.8 Å². The van der Waals surface area contributed by atoms with Gasteiger partial charge in [-0.25, -0.2) is 22.7 Å². The van der Waals surface area contributed by atoms with Gasteiger partial charge in [0.15, 0.2) is 5.13 Å². The molecule has 1 atom stereocenters. The lowest BCUT2D eigenvalue weighted by Crippen LogP contribution is -2.43. The molecule has 1 saturated heterocycles. The van der Waals surface area contributed by atoms with Gasteiger partial charge >= 0.3 is 0 Å². The molecule has 4 rings (SSSR count). The molecule has 1 aliphatic heterocycles. The number of amides is 1. The number of benzene rings is 1. The van der Waals surface area contributed by atoms with Crippen molar-refractivity contribution < 1.29 is 13.2 Å². The highest BCUT2D eigenvalue weighted by Crippen LogP contribution is 2.32. The summed E-state index contributed by atoms with van der Waals surface area (Å²) in [5.41, 5.74) is 1.66. The van der Waals surface area contributed by atoms with Crippen molar-refractivity contribution in [1.82, 2.24) is 14.3 Å².